The summed E-state index contributed by atoms with van der Waals surface area (Å²) in [6.07, 6.45) is 10.2. The van der Waals surface area contributed by atoms with E-state index in [2.05, 4.69) is 32.5 Å². The highest BCUT2D eigenvalue weighted by molar-refractivity contribution is 5.76. The first-order chi connectivity index (χ1) is 12.8. The maximum absolute atomic E-state index is 12.7. The molecule has 3 rings (SSSR count). The fraction of sp³-hybridized carbons (Fsp3) is 0.800. The summed E-state index contributed by atoms with van der Waals surface area (Å²) in [6.45, 7) is 9.65. The molecule has 2 fully saturated rings. The maximum Gasteiger partial charge on any atom is 0.222 e. The Morgan fingerprint density at radius 2 is 2.08 bits per heavy atom. The van der Waals surface area contributed by atoms with Crippen molar-refractivity contribution in [1.29, 1.82) is 0 Å². The zero-order valence-electron chi connectivity index (χ0n) is 16.2. The number of aromatic nitrogens is 2. The number of rotatable bonds is 8. The summed E-state index contributed by atoms with van der Waals surface area (Å²) in [5.41, 5.74) is 0. The Labute approximate surface area is 157 Å². The van der Waals surface area contributed by atoms with Gasteiger partial charge in [-0.05, 0) is 32.2 Å². The van der Waals surface area contributed by atoms with Crippen molar-refractivity contribution in [2.45, 2.75) is 57.9 Å². The molecule has 2 aliphatic heterocycles. The summed E-state index contributed by atoms with van der Waals surface area (Å²) in [7, 11) is 0. The number of ether oxygens (including phenoxy) is 1. The van der Waals surface area contributed by atoms with Gasteiger partial charge in [0.15, 0.2) is 0 Å². The average molecular weight is 363 g/mol. The van der Waals surface area contributed by atoms with Crippen molar-refractivity contribution in [1.82, 2.24) is 19.4 Å². The highest BCUT2D eigenvalue weighted by Gasteiger charge is 2.27. The Morgan fingerprint density at radius 3 is 2.88 bits per heavy atom. The SMILES string of the molecule is CCCCn1ccnc1[C@@H]1CCCN(C(=O)CCCN2CCOCC2)C1. The van der Waals surface area contributed by atoms with E-state index < -0.39 is 0 Å². The Morgan fingerprint density at radius 1 is 1.23 bits per heavy atom. The highest BCUT2D eigenvalue weighted by Crippen LogP contribution is 2.26. The molecule has 3 heterocycles. The Kier molecular flexibility index (Phi) is 7.50. The van der Waals surface area contributed by atoms with Crippen LogP contribution in [-0.2, 0) is 16.1 Å². The summed E-state index contributed by atoms with van der Waals surface area (Å²) in [4.78, 5) is 21.8. The van der Waals surface area contributed by atoms with Crippen molar-refractivity contribution in [3.63, 3.8) is 0 Å². The van der Waals surface area contributed by atoms with Gasteiger partial charge >= 0.3 is 0 Å². The van der Waals surface area contributed by atoms with Crippen molar-refractivity contribution in [3.8, 4) is 0 Å². The summed E-state index contributed by atoms with van der Waals surface area (Å²) in [6, 6.07) is 0. The van der Waals surface area contributed by atoms with Gasteiger partial charge in [-0.1, -0.05) is 13.3 Å². The van der Waals surface area contributed by atoms with E-state index in [0.29, 0.717) is 18.2 Å². The third-order valence-electron chi connectivity index (χ3n) is 5.61. The molecule has 0 radical (unpaired) electrons. The molecule has 0 saturated carbocycles. The molecule has 1 aromatic rings. The number of aryl methyl sites for hydroxylation is 1. The van der Waals surface area contributed by atoms with Crippen LogP contribution in [0.25, 0.3) is 0 Å². The number of nitrogens with zero attached hydrogens (tertiary/aromatic N) is 4. The average Bonchev–Trinajstić information content (AvgIpc) is 3.16. The van der Waals surface area contributed by atoms with Gasteiger partial charge in [-0.15, -0.1) is 0 Å². The molecule has 0 aromatic carbocycles. The Bertz CT molecular complexity index is 554. The first kappa shape index (κ1) is 19.4. The monoisotopic (exact) mass is 362 g/mol. The number of unbranched alkanes of at least 4 members (excludes halogenated alkanes) is 1. The van der Waals surface area contributed by atoms with Crippen molar-refractivity contribution in [2.75, 3.05) is 45.9 Å². The Hall–Kier alpha value is -1.40. The molecule has 0 unspecified atom stereocenters. The second-order valence-corrected chi connectivity index (χ2v) is 7.57. The molecule has 146 valence electrons. The molecule has 0 bridgehead atoms. The third-order valence-corrected chi connectivity index (χ3v) is 5.61. The van der Waals surface area contributed by atoms with Crippen molar-refractivity contribution >= 4 is 5.91 Å². The normalized spacial score (nSPS) is 21.9. The molecule has 0 N–H and O–H groups in total. The zero-order valence-corrected chi connectivity index (χ0v) is 16.2. The molecule has 1 aromatic heterocycles. The minimum atomic E-state index is 0.314. The number of hydrogen-bond acceptors (Lipinski definition) is 4. The molecule has 2 saturated heterocycles. The van der Waals surface area contributed by atoms with Gasteiger partial charge in [0.2, 0.25) is 5.91 Å². The number of carbonyl (C=O) groups excluding carboxylic acids is 1. The number of likely N-dealkylation sites (tertiary alicyclic amines) is 1. The number of amides is 1. The molecule has 1 amide bonds. The number of morpholine rings is 1. The van der Waals surface area contributed by atoms with Crippen LogP contribution in [0.4, 0.5) is 0 Å². The third kappa shape index (κ3) is 5.30. The first-order valence-electron chi connectivity index (χ1n) is 10.4. The lowest BCUT2D eigenvalue weighted by Crippen LogP contribution is -2.40. The van der Waals surface area contributed by atoms with Crippen LogP contribution in [0, 0.1) is 0 Å². The van der Waals surface area contributed by atoms with Crippen LogP contribution in [0.5, 0.6) is 0 Å². The second kappa shape index (κ2) is 10.1. The summed E-state index contributed by atoms with van der Waals surface area (Å²) < 4.78 is 7.67. The molecule has 0 aliphatic carbocycles. The van der Waals surface area contributed by atoms with E-state index in [-0.39, 0.29) is 0 Å². The summed E-state index contributed by atoms with van der Waals surface area (Å²) in [5.74, 6) is 1.87. The first-order valence-corrected chi connectivity index (χ1v) is 10.4. The van der Waals surface area contributed by atoms with Crippen LogP contribution in [-0.4, -0.2) is 71.2 Å². The smallest absolute Gasteiger partial charge is 0.222 e. The van der Waals surface area contributed by atoms with Gasteiger partial charge in [0.1, 0.15) is 5.82 Å². The maximum atomic E-state index is 12.7. The van der Waals surface area contributed by atoms with Crippen molar-refractivity contribution < 1.29 is 9.53 Å². The number of hydrogen-bond donors (Lipinski definition) is 0. The van der Waals surface area contributed by atoms with E-state index in [0.717, 1.165) is 71.7 Å². The molecule has 26 heavy (non-hydrogen) atoms. The van der Waals surface area contributed by atoms with Gasteiger partial charge in [0.25, 0.3) is 0 Å². The lowest BCUT2D eigenvalue weighted by atomic mass is 9.96. The van der Waals surface area contributed by atoms with Crippen LogP contribution in [0.1, 0.15) is 57.2 Å². The topological polar surface area (TPSA) is 50.6 Å². The zero-order chi connectivity index (χ0) is 18.2. The lowest BCUT2D eigenvalue weighted by molar-refractivity contribution is -0.132. The van der Waals surface area contributed by atoms with E-state index in [1.807, 2.05) is 6.20 Å². The van der Waals surface area contributed by atoms with Crippen LogP contribution >= 0.6 is 0 Å². The standard InChI is InChI=1S/C20H34N4O2/c1-2-3-10-23-12-8-21-20(23)18-6-4-11-24(17-18)19(25)7-5-9-22-13-15-26-16-14-22/h8,12,18H,2-7,9-11,13-17H2,1H3/t18-/m1/s1. The highest BCUT2D eigenvalue weighted by atomic mass is 16.5. The van der Waals surface area contributed by atoms with Gasteiger partial charge in [-0.25, -0.2) is 4.98 Å². The number of carbonyl (C=O) groups is 1. The Balaban J connectivity index is 1.46. The molecular weight excluding hydrogens is 328 g/mol. The van der Waals surface area contributed by atoms with E-state index in [1.54, 1.807) is 0 Å². The summed E-state index contributed by atoms with van der Waals surface area (Å²) >= 11 is 0. The van der Waals surface area contributed by atoms with E-state index in [4.69, 9.17) is 4.74 Å². The lowest BCUT2D eigenvalue weighted by Gasteiger charge is -2.33. The molecule has 6 heteroatoms. The van der Waals surface area contributed by atoms with Gasteiger partial charge in [0, 0.05) is 57.5 Å². The molecule has 6 nitrogen and oxygen atoms in total. The minimum Gasteiger partial charge on any atom is -0.379 e. The van der Waals surface area contributed by atoms with Gasteiger partial charge in [-0.3, -0.25) is 9.69 Å². The second-order valence-electron chi connectivity index (χ2n) is 7.57. The van der Waals surface area contributed by atoms with Crippen molar-refractivity contribution in [2.24, 2.45) is 0 Å². The van der Waals surface area contributed by atoms with Crippen LogP contribution in [0.2, 0.25) is 0 Å². The number of piperidine rings is 1. The molecular formula is C20H34N4O2. The predicted molar refractivity (Wildman–Crippen MR) is 102 cm³/mol. The fourth-order valence-electron chi connectivity index (χ4n) is 4.05. The van der Waals surface area contributed by atoms with Crippen LogP contribution in [0.3, 0.4) is 0 Å². The molecule has 0 spiro atoms. The van der Waals surface area contributed by atoms with E-state index >= 15 is 0 Å². The van der Waals surface area contributed by atoms with E-state index in [1.165, 1.54) is 18.7 Å². The van der Waals surface area contributed by atoms with Gasteiger partial charge < -0.3 is 14.2 Å². The van der Waals surface area contributed by atoms with Crippen molar-refractivity contribution in [3.05, 3.63) is 18.2 Å². The fourth-order valence-corrected chi connectivity index (χ4v) is 4.05. The molecule has 1 atom stereocenters. The predicted octanol–water partition coefficient (Wildman–Crippen LogP) is 2.50. The van der Waals surface area contributed by atoms with Crippen LogP contribution in [0.15, 0.2) is 12.4 Å². The number of imidazole rings is 1. The van der Waals surface area contributed by atoms with E-state index in [9.17, 15) is 4.79 Å². The minimum absolute atomic E-state index is 0.314. The quantitative estimate of drug-likeness (QED) is 0.713. The summed E-state index contributed by atoms with van der Waals surface area (Å²) in [5, 5.41) is 0. The van der Waals surface area contributed by atoms with Gasteiger partial charge in [0.05, 0.1) is 13.2 Å². The van der Waals surface area contributed by atoms with Gasteiger partial charge in [-0.2, -0.15) is 0 Å². The molecule has 2 aliphatic rings. The largest absolute Gasteiger partial charge is 0.379 e. The van der Waals surface area contributed by atoms with Crippen LogP contribution < -0.4 is 0 Å².